The number of rotatable bonds is 2. The molecule has 3 heteroatoms. The minimum atomic E-state index is 0.0442. The SMILES string of the molecule is CC(C)(C)c1ccc(C(Br)c2cc(Cl)ccc2Cl)cc1. The Morgan fingerprint density at radius 1 is 0.950 bits per heavy atom. The molecule has 2 rings (SSSR count). The summed E-state index contributed by atoms with van der Waals surface area (Å²) in [4.78, 5) is 0.0442. The molecule has 0 spiro atoms. The molecule has 20 heavy (non-hydrogen) atoms. The van der Waals surface area contributed by atoms with E-state index in [1.54, 1.807) is 6.07 Å². The fourth-order valence-corrected chi connectivity index (χ4v) is 3.26. The van der Waals surface area contributed by atoms with Crippen LogP contribution in [0.25, 0.3) is 0 Å². The van der Waals surface area contributed by atoms with Crippen molar-refractivity contribution >= 4 is 39.1 Å². The van der Waals surface area contributed by atoms with Gasteiger partial charge >= 0.3 is 0 Å². The number of halogens is 3. The van der Waals surface area contributed by atoms with Crippen molar-refractivity contribution in [2.45, 2.75) is 31.0 Å². The van der Waals surface area contributed by atoms with E-state index in [9.17, 15) is 0 Å². The van der Waals surface area contributed by atoms with E-state index in [0.29, 0.717) is 5.02 Å². The van der Waals surface area contributed by atoms with Gasteiger partial charge in [-0.05, 0) is 40.3 Å². The van der Waals surface area contributed by atoms with Crippen LogP contribution >= 0.6 is 39.1 Å². The summed E-state index contributed by atoms with van der Waals surface area (Å²) in [5, 5.41) is 1.41. The first-order chi connectivity index (χ1) is 9.29. The molecule has 0 heterocycles. The lowest BCUT2D eigenvalue weighted by molar-refractivity contribution is 0.590. The Morgan fingerprint density at radius 2 is 1.55 bits per heavy atom. The van der Waals surface area contributed by atoms with E-state index < -0.39 is 0 Å². The van der Waals surface area contributed by atoms with Gasteiger partial charge in [0.05, 0.1) is 4.83 Å². The van der Waals surface area contributed by atoms with Crippen LogP contribution < -0.4 is 0 Å². The second kappa shape index (κ2) is 6.09. The normalized spacial score (nSPS) is 13.3. The topological polar surface area (TPSA) is 0 Å². The number of hydrogen-bond donors (Lipinski definition) is 0. The van der Waals surface area contributed by atoms with Crippen LogP contribution in [0.15, 0.2) is 42.5 Å². The quantitative estimate of drug-likeness (QED) is 0.510. The zero-order valence-corrected chi connectivity index (χ0v) is 14.9. The van der Waals surface area contributed by atoms with Gasteiger partial charge in [-0.3, -0.25) is 0 Å². The van der Waals surface area contributed by atoms with Crippen molar-refractivity contribution in [3.05, 3.63) is 69.2 Å². The molecule has 0 nitrogen and oxygen atoms in total. The molecule has 0 fully saturated rings. The molecule has 0 saturated heterocycles. The van der Waals surface area contributed by atoms with Crippen molar-refractivity contribution in [1.82, 2.24) is 0 Å². The molecule has 1 unspecified atom stereocenters. The summed E-state index contributed by atoms with van der Waals surface area (Å²) in [6, 6.07) is 14.1. The molecular weight excluding hydrogens is 355 g/mol. The first kappa shape index (κ1) is 15.9. The van der Waals surface area contributed by atoms with Gasteiger partial charge in [-0.2, -0.15) is 0 Å². The molecule has 0 aliphatic carbocycles. The maximum Gasteiger partial charge on any atom is 0.0659 e. The number of hydrogen-bond acceptors (Lipinski definition) is 0. The van der Waals surface area contributed by atoms with Gasteiger partial charge in [0.1, 0.15) is 0 Å². The third-order valence-corrected chi connectivity index (χ3v) is 4.90. The molecule has 0 saturated carbocycles. The average molecular weight is 372 g/mol. The first-order valence-corrected chi connectivity index (χ1v) is 8.15. The van der Waals surface area contributed by atoms with Gasteiger partial charge in [0.25, 0.3) is 0 Å². The van der Waals surface area contributed by atoms with Crippen LogP contribution in [-0.2, 0) is 5.41 Å². The van der Waals surface area contributed by atoms with Crippen molar-refractivity contribution in [1.29, 1.82) is 0 Å². The summed E-state index contributed by atoms with van der Waals surface area (Å²) >= 11 is 16.0. The number of benzene rings is 2. The highest BCUT2D eigenvalue weighted by Gasteiger charge is 2.17. The zero-order valence-electron chi connectivity index (χ0n) is 11.8. The molecule has 0 aliphatic rings. The van der Waals surface area contributed by atoms with Gasteiger partial charge in [0.2, 0.25) is 0 Å². The van der Waals surface area contributed by atoms with E-state index in [2.05, 4.69) is 61.0 Å². The van der Waals surface area contributed by atoms with Gasteiger partial charge in [0.15, 0.2) is 0 Å². The van der Waals surface area contributed by atoms with Crippen molar-refractivity contribution in [3.63, 3.8) is 0 Å². The molecule has 0 amide bonds. The van der Waals surface area contributed by atoms with E-state index in [1.807, 2.05) is 12.1 Å². The Balaban J connectivity index is 2.34. The van der Waals surface area contributed by atoms with E-state index in [-0.39, 0.29) is 10.2 Å². The second-order valence-corrected chi connectivity index (χ2v) is 7.66. The van der Waals surface area contributed by atoms with Crippen LogP contribution in [0.3, 0.4) is 0 Å². The van der Waals surface area contributed by atoms with E-state index in [4.69, 9.17) is 23.2 Å². The summed E-state index contributed by atoms with van der Waals surface area (Å²) in [7, 11) is 0. The number of alkyl halides is 1. The van der Waals surface area contributed by atoms with Crippen LogP contribution in [0.2, 0.25) is 10.0 Å². The molecule has 2 aromatic rings. The Hall–Kier alpha value is -0.500. The molecule has 2 aromatic carbocycles. The van der Waals surface area contributed by atoms with Gasteiger partial charge in [-0.25, -0.2) is 0 Å². The summed E-state index contributed by atoms with van der Waals surface area (Å²) in [5.74, 6) is 0. The molecule has 0 aliphatic heterocycles. The maximum atomic E-state index is 6.26. The van der Waals surface area contributed by atoms with E-state index in [0.717, 1.165) is 10.6 Å². The standard InChI is InChI=1S/C17H17BrCl2/c1-17(2,3)12-6-4-11(5-7-12)16(18)14-10-13(19)8-9-15(14)20/h4-10,16H,1-3H3. The van der Waals surface area contributed by atoms with Crippen LogP contribution in [-0.4, -0.2) is 0 Å². The monoisotopic (exact) mass is 370 g/mol. The van der Waals surface area contributed by atoms with Crippen molar-refractivity contribution in [2.75, 3.05) is 0 Å². The first-order valence-electron chi connectivity index (χ1n) is 6.48. The van der Waals surface area contributed by atoms with Gasteiger partial charge in [0, 0.05) is 10.0 Å². The highest BCUT2D eigenvalue weighted by atomic mass is 79.9. The largest absolute Gasteiger partial charge is 0.0843 e. The van der Waals surface area contributed by atoms with Crippen LogP contribution in [0, 0.1) is 0 Å². The van der Waals surface area contributed by atoms with Gasteiger partial charge in [-0.15, -0.1) is 0 Å². The van der Waals surface area contributed by atoms with Crippen molar-refractivity contribution in [3.8, 4) is 0 Å². The molecule has 0 radical (unpaired) electrons. The second-order valence-electron chi connectivity index (χ2n) is 5.90. The van der Waals surface area contributed by atoms with E-state index in [1.165, 1.54) is 11.1 Å². The fraction of sp³-hybridized carbons (Fsp3) is 0.294. The molecule has 0 bridgehead atoms. The summed E-state index contributed by atoms with van der Waals surface area (Å²) in [6.45, 7) is 6.63. The van der Waals surface area contributed by atoms with Crippen LogP contribution in [0.5, 0.6) is 0 Å². The zero-order chi connectivity index (χ0) is 14.9. The van der Waals surface area contributed by atoms with Crippen LogP contribution in [0.1, 0.15) is 42.3 Å². The average Bonchev–Trinajstić information content (AvgIpc) is 2.40. The smallest absolute Gasteiger partial charge is 0.0659 e. The Bertz CT molecular complexity index is 597. The molecule has 0 aromatic heterocycles. The predicted octanol–water partition coefficient (Wildman–Crippen LogP) is 6.78. The van der Waals surface area contributed by atoms with Gasteiger partial charge < -0.3 is 0 Å². The summed E-state index contributed by atoms with van der Waals surface area (Å²) < 4.78 is 0. The lowest BCUT2D eigenvalue weighted by Crippen LogP contribution is -2.10. The lowest BCUT2D eigenvalue weighted by atomic mass is 9.86. The van der Waals surface area contributed by atoms with Gasteiger partial charge in [-0.1, -0.05) is 84.2 Å². The molecule has 1 atom stereocenters. The molecular formula is C17H17BrCl2. The highest BCUT2D eigenvalue weighted by molar-refractivity contribution is 9.09. The minimum Gasteiger partial charge on any atom is -0.0843 e. The lowest BCUT2D eigenvalue weighted by Gasteiger charge is -2.20. The van der Waals surface area contributed by atoms with Crippen molar-refractivity contribution < 1.29 is 0 Å². The van der Waals surface area contributed by atoms with Crippen molar-refractivity contribution in [2.24, 2.45) is 0 Å². The highest BCUT2D eigenvalue weighted by Crippen LogP contribution is 2.37. The minimum absolute atomic E-state index is 0.0442. The predicted molar refractivity (Wildman–Crippen MR) is 92.4 cm³/mol. The summed E-state index contributed by atoms with van der Waals surface area (Å²) in [5.41, 5.74) is 3.64. The maximum absolute atomic E-state index is 6.26. The Morgan fingerprint density at radius 3 is 2.10 bits per heavy atom. The summed E-state index contributed by atoms with van der Waals surface area (Å²) in [6.07, 6.45) is 0. The van der Waals surface area contributed by atoms with E-state index >= 15 is 0 Å². The Labute approximate surface area is 139 Å². The fourth-order valence-electron chi connectivity index (χ4n) is 2.04. The Kier molecular flexibility index (Phi) is 4.84. The molecule has 0 N–H and O–H groups in total. The third kappa shape index (κ3) is 3.58. The third-order valence-electron chi connectivity index (χ3n) is 3.30. The van der Waals surface area contributed by atoms with Crippen LogP contribution in [0.4, 0.5) is 0 Å². The molecule has 106 valence electrons.